The van der Waals surface area contributed by atoms with Crippen molar-refractivity contribution in [3.05, 3.63) is 94.8 Å². The third kappa shape index (κ3) is 5.72. The number of carbonyl (C=O) groups excluding carboxylic acids is 2. The Morgan fingerprint density at radius 3 is 1.77 bits per heavy atom. The van der Waals surface area contributed by atoms with Crippen LogP contribution in [0.15, 0.2) is 66.7 Å². The Bertz CT molecular complexity index is 1110. The first-order valence-electron chi connectivity index (χ1n) is 12.3. The van der Waals surface area contributed by atoms with Gasteiger partial charge >= 0.3 is 0 Å². The molecule has 1 aromatic heterocycles. The van der Waals surface area contributed by atoms with E-state index in [4.69, 9.17) is 0 Å². The van der Waals surface area contributed by atoms with Crippen LogP contribution in [0.1, 0.15) is 38.9 Å². The number of Topliss-reactive ketones (excluding diaryl/α,β-unsaturated/α-hetero) is 1. The topological polar surface area (TPSA) is 48.8 Å². The average molecular weight is 473 g/mol. The minimum Gasteiger partial charge on any atom is -0.348 e. The van der Waals surface area contributed by atoms with Crippen LogP contribution in [0.5, 0.6) is 0 Å². The van der Waals surface area contributed by atoms with Gasteiger partial charge in [0.2, 0.25) is 5.91 Å². The number of carbonyl (C=O) groups is 2. The van der Waals surface area contributed by atoms with Crippen LogP contribution in [0, 0.1) is 13.8 Å². The van der Waals surface area contributed by atoms with Gasteiger partial charge in [0.15, 0.2) is 5.78 Å². The molecular formula is C29H36N4O2. The molecule has 1 fully saturated rings. The third-order valence-corrected chi connectivity index (χ3v) is 6.96. The largest absolute Gasteiger partial charge is 0.348 e. The number of aromatic nitrogens is 1. The zero-order chi connectivity index (χ0) is 24.9. The van der Waals surface area contributed by atoms with Crippen LogP contribution in [-0.4, -0.2) is 84.3 Å². The Morgan fingerprint density at radius 2 is 1.29 bits per heavy atom. The fraction of sp³-hybridized carbons (Fsp3) is 0.379. The number of benzene rings is 2. The molecule has 4 rings (SSSR count). The van der Waals surface area contributed by atoms with Crippen molar-refractivity contribution in [2.45, 2.75) is 19.9 Å². The summed E-state index contributed by atoms with van der Waals surface area (Å²) in [6.07, 6.45) is 0. The number of piperazine rings is 1. The van der Waals surface area contributed by atoms with E-state index in [0.717, 1.165) is 43.1 Å². The first-order valence-corrected chi connectivity index (χ1v) is 12.3. The van der Waals surface area contributed by atoms with Crippen LogP contribution < -0.4 is 0 Å². The summed E-state index contributed by atoms with van der Waals surface area (Å²) in [6.45, 7) is 8.18. The average Bonchev–Trinajstić information content (AvgIpc) is 3.16. The summed E-state index contributed by atoms with van der Waals surface area (Å²) in [6, 6.07) is 23.0. The maximum Gasteiger partial charge on any atom is 0.236 e. The molecule has 0 unspecified atom stereocenters. The molecule has 1 aliphatic heterocycles. The predicted molar refractivity (Wildman–Crippen MR) is 140 cm³/mol. The van der Waals surface area contributed by atoms with E-state index in [1.807, 2.05) is 18.2 Å². The summed E-state index contributed by atoms with van der Waals surface area (Å²) >= 11 is 0. The second-order valence-corrected chi connectivity index (χ2v) is 9.64. The zero-order valence-electron chi connectivity index (χ0n) is 21.3. The van der Waals surface area contributed by atoms with Crippen molar-refractivity contribution >= 4 is 11.7 Å². The Hall–Kier alpha value is -3.22. The number of ketones is 1. The molecule has 6 heteroatoms. The van der Waals surface area contributed by atoms with Crippen molar-refractivity contribution < 1.29 is 9.59 Å². The molecule has 2 aromatic carbocycles. The van der Waals surface area contributed by atoms with Crippen LogP contribution >= 0.6 is 0 Å². The highest BCUT2D eigenvalue weighted by atomic mass is 16.2. The highest BCUT2D eigenvalue weighted by molar-refractivity contribution is 5.99. The smallest absolute Gasteiger partial charge is 0.236 e. The number of aryl methyl sites for hydroxylation is 1. The van der Waals surface area contributed by atoms with Gasteiger partial charge in [-0.15, -0.1) is 0 Å². The van der Waals surface area contributed by atoms with Gasteiger partial charge in [-0.2, -0.15) is 0 Å². The predicted octanol–water partition coefficient (Wildman–Crippen LogP) is 3.63. The van der Waals surface area contributed by atoms with Crippen molar-refractivity contribution in [3.63, 3.8) is 0 Å². The van der Waals surface area contributed by atoms with Gasteiger partial charge in [-0.3, -0.25) is 19.4 Å². The number of amides is 1. The quantitative estimate of drug-likeness (QED) is 0.470. The molecule has 2 heterocycles. The lowest BCUT2D eigenvalue weighted by Crippen LogP contribution is -2.50. The van der Waals surface area contributed by atoms with Crippen molar-refractivity contribution in [3.8, 4) is 0 Å². The van der Waals surface area contributed by atoms with Gasteiger partial charge in [0.1, 0.15) is 0 Å². The lowest BCUT2D eigenvalue weighted by molar-refractivity contribution is -0.130. The van der Waals surface area contributed by atoms with E-state index in [9.17, 15) is 9.59 Å². The van der Waals surface area contributed by atoms with Crippen LogP contribution in [0.25, 0.3) is 0 Å². The Balaban J connectivity index is 1.51. The van der Waals surface area contributed by atoms with Crippen molar-refractivity contribution in [2.24, 2.45) is 0 Å². The summed E-state index contributed by atoms with van der Waals surface area (Å²) in [5.41, 5.74) is 5.27. The fourth-order valence-corrected chi connectivity index (χ4v) is 4.94. The zero-order valence-corrected chi connectivity index (χ0v) is 21.3. The molecule has 1 saturated heterocycles. The van der Waals surface area contributed by atoms with Crippen molar-refractivity contribution in [1.29, 1.82) is 0 Å². The van der Waals surface area contributed by atoms with Crippen LogP contribution in [0.3, 0.4) is 0 Å². The van der Waals surface area contributed by atoms with E-state index in [1.165, 1.54) is 11.1 Å². The molecule has 1 amide bonds. The van der Waals surface area contributed by atoms with E-state index >= 15 is 0 Å². The number of nitrogens with zero attached hydrogens (tertiary/aromatic N) is 4. The first-order chi connectivity index (χ1) is 16.8. The van der Waals surface area contributed by atoms with Gasteiger partial charge in [-0.25, -0.2) is 0 Å². The number of hydrogen-bond donors (Lipinski definition) is 0. The van der Waals surface area contributed by atoms with Crippen LogP contribution in [-0.2, 0) is 4.79 Å². The Morgan fingerprint density at radius 1 is 0.800 bits per heavy atom. The molecule has 3 aromatic rings. The van der Waals surface area contributed by atoms with Crippen molar-refractivity contribution in [1.82, 2.24) is 19.3 Å². The van der Waals surface area contributed by atoms with Gasteiger partial charge < -0.3 is 9.47 Å². The molecule has 1 aliphatic rings. The van der Waals surface area contributed by atoms with E-state index in [-0.39, 0.29) is 17.7 Å². The molecule has 0 N–H and O–H groups in total. The highest BCUT2D eigenvalue weighted by Gasteiger charge is 2.26. The van der Waals surface area contributed by atoms with E-state index in [0.29, 0.717) is 13.1 Å². The van der Waals surface area contributed by atoms with Gasteiger partial charge in [0, 0.05) is 57.2 Å². The summed E-state index contributed by atoms with van der Waals surface area (Å²) in [5.74, 6) is 0.274. The summed E-state index contributed by atoms with van der Waals surface area (Å²) in [5, 5.41) is 0. The van der Waals surface area contributed by atoms with Crippen molar-refractivity contribution in [2.75, 3.05) is 53.4 Å². The molecule has 184 valence electrons. The second kappa shape index (κ2) is 11.0. The molecule has 0 bridgehead atoms. The molecule has 0 aliphatic carbocycles. The standard InChI is InChI=1S/C29H36N4O2/c1-22-19-26(27(34)20-31-15-17-32(18-16-31)21-28(35)30(3)4)23(2)33(22)29(24-11-7-5-8-12-24)25-13-9-6-10-14-25/h5-14,19,29H,15-18,20-21H2,1-4H3. The SMILES string of the molecule is Cc1cc(C(=O)CN2CCN(CC(=O)N(C)C)CC2)c(C)n1C(c1ccccc1)c1ccccc1. The molecule has 0 saturated carbocycles. The van der Waals surface area contributed by atoms with E-state index < -0.39 is 0 Å². The summed E-state index contributed by atoms with van der Waals surface area (Å²) < 4.78 is 2.29. The molecule has 6 nitrogen and oxygen atoms in total. The number of rotatable bonds is 8. The van der Waals surface area contributed by atoms with Gasteiger partial charge in [0.05, 0.1) is 19.1 Å². The van der Waals surface area contributed by atoms with Gasteiger partial charge in [0.25, 0.3) is 0 Å². The van der Waals surface area contributed by atoms with Crippen LogP contribution in [0.4, 0.5) is 0 Å². The highest BCUT2D eigenvalue weighted by Crippen LogP contribution is 2.31. The minimum atomic E-state index is 0.0109. The van der Waals surface area contributed by atoms with Gasteiger partial charge in [-0.05, 0) is 31.0 Å². The lowest BCUT2D eigenvalue weighted by atomic mass is 9.98. The van der Waals surface area contributed by atoms with Gasteiger partial charge in [-0.1, -0.05) is 60.7 Å². The maximum atomic E-state index is 13.4. The second-order valence-electron chi connectivity index (χ2n) is 9.64. The summed E-state index contributed by atoms with van der Waals surface area (Å²) in [7, 11) is 3.57. The monoisotopic (exact) mass is 472 g/mol. The fourth-order valence-electron chi connectivity index (χ4n) is 4.94. The number of likely N-dealkylation sites (N-methyl/N-ethyl adjacent to an activating group) is 1. The minimum absolute atomic E-state index is 0.0109. The van der Waals surface area contributed by atoms with E-state index in [2.05, 4.69) is 76.7 Å². The lowest BCUT2D eigenvalue weighted by Gasteiger charge is -2.34. The molecule has 0 radical (unpaired) electrons. The molecule has 35 heavy (non-hydrogen) atoms. The number of hydrogen-bond acceptors (Lipinski definition) is 4. The third-order valence-electron chi connectivity index (χ3n) is 6.96. The molecular weight excluding hydrogens is 436 g/mol. The summed E-state index contributed by atoms with van der Waals surface area (Å²) in [4.78, 5) is 31.4. The Kier molecular flexibility index (Phi) is 7.83. The molecule has 0 atom stereocenters. The van der Waals surface area contributed by atoms with E-state index in [1.54, 1.807) is 19.0 Å². The maximum absolute atomic E-state index is 13.4. The Labute approximate surface area is 208 Å². The first kappa shape index (κ1) is 24.9. The molecule has 0 spiro atoms. The normalized spacial score (nSPS) is 14.9. The van der Waals surface area contributed by atoms with Crippen LogP contribution in [0.2, 0.25) is 0 Å².